The second-order valence-electron chi connectivity index (χ2n) is 4.45. The van der Waals surface area contributed by atoms with E-state index in [1.807, 2.05) is 0 Å². The van der Waals surface area contributed by atoms with Gasteiger partial charge in [-0.2, -0.15) is 0 Å². The van der Waals surface area contributed by atoms with Crippen LogP contribution in [0.3, 0.4) is 0 Å². The Labute approximate surface area is 70.5 Å². The fourth-order valence-corrected chi connectivity index (χ4v) is 1.06. The minimum atomic E-state index is 0.0551. The van der Waals surface area contributed by atoms with Crippen LogP contribution in [0.1, 0.15) is 41.0 Å². The molecule has 11 heavy (non-hydrogen) atoms. The lowest BCUT2D eigenvalue weighted by atomic mass is 9.95. The van der Waals surface area contributed by atoms with Gasteiger partial charge < -0.3 is 11.1 Å². The highest BCUT2D eigenvalue weighted by atomic mass is 15.0. The van der Waals surface area contributed by atoms with Crippen LogP contribution in [0.4, 0.5) is 0 Å². The van der Waals surface area contributed by atoms with Crippen molar-refractivity contribution in [3.05, 3.63) is 0 Å². The monoisotopic (exact) mass is 158 g/mol. The molecule has 0 saturated heterocycles. The number of hydrogen-bond donors (Lipinski definition) is 2. The second-order valence-corrected chi connectivity index (χ2v) is 4.45. The molecule has 0 aliphatic heterocycles. The summed E-state index contributed by atoms with van der Waals surface area (Å²) >= 11 is 0. The summed E-state index contributed by atoms with van der Waals surface area (Å²) in [5.41, 5.74) is 5.86. The maximum Gasteiger partial charge on any atom is 0.0252 e. The van der Waals surface area contributed by atoms with Gasteiger partial charge in [0.05, 0.1) is 0 Å². The first-order valence-corrected chi connectivity index (χ1v) is 4.32. The summed E-state index contributed by atoms with van der Waals surface area (Å²) in [4.78, 5) is 0. The molecule has 0 spiro atoms. The second kappa shape index (κ2) is 3.55. The van der Waals surface area contributed by atoms with Crippen molar-refractivity contribution in [1.29, 1.82) is 0 Å². The number of nitrogens with one attached hydrogen (secondary N) is 1. The summed E-state index contributed by atoms with van der Waals surface area (Å²) in [7, 11) is 0. The Morgan fingerprint density at radius 1 is 1.09 bits per heavy atom. The van der Waals surface area contributed by atoms with E-state index in [9.17, 15) is 0 Å². The zero-order valence-electron chi connectivity index (χ0n) is 8.49. The summed E-state index contributed by atoms with van der Waals surface area (Å²) in [5.74, 6) is 0. The molecule has 0 aromatic heterocycles. The molecule has 3 N–H and O–H groups in total. The van der Waals surface area contributed by atoms with Gasteiger partial charge >= 0.3 is 0 Å². The number of rotatable bonds is 4. The lowest BCUT2D eigenvalue weighted by molar-refractivity contribution is 0.263. The lowest BCUT2D eigenvalue weighted by Gasteiger charge is -2.35. The molecule has 0 unspecified atom stereocenters. The predicted molar refractivity (Wildman–Crippen MR) is 50.6 cm³/mol. The molecular weight excluding hydrogens is 136 g/mol. The van der Waals surface area contributed by atoms with Crippen molar-refractivity contribution in [2.24, 2.45) is 5.73 Å². The van der Waals surface area contributed by atoms with Crippen LogP contribution in [0.2, 0.25) is 0 Å². The van der Waals surface area contributed by atoms with Crippen LogP contribution in [0.5, 0.6) is 0 Å². The predicted octanol–water partition coefficient (Wildman–Crippen LogP) is 1.50. The zero-order chi connectivity index (χ0) is 9.12. The smallest absolute Gasteiger partial charge is 0.0252 e. The third kappa shape index (κ3) is 4.38. The first-order valence-electron chi connectivity index (χ1n) is 4.32. The maximum absolute atomic E-state index is 5.61. The fourth-order valence-electron chi connectivity index (χ4n) is 1.06. The molecule has 0 fully saturated rings. The van der Waals surface area contributed by atoms with Gasteiger partial charge in [0.1, 0.15) is 0 Å². The van der Waals surface area contributed by atoms with Crippen LogP contribution in [0, 0.1) is 0 Å². The molecule has 0 aliphatic rings. The molecule has 0 bridgehead atoms. The van der Waals surface area contributed by atoms with Crippen LogP contribution < -0.4 is 11.1 Å². The van der Waals surface area contributed by atoms with Gasteiger partial charge in [-0.1, -0.05) is 6.92 Å². The molecule has 0 aliphatic carbocycles. The Morgan fingerprint density at radius 3 is 1.82 bits per heavy atom. The van der Waals surface area contributed by atoms with Crippen molar-refractivity contribution in [1.82, 2.24) is 5.32 Å². The van der Waals surface area contributed by atoms with Crippen LogP contribution in [-0.2, 0) is 0 Å². The molecule has 0 rings (SSSR count). The maximum atomic E-state index is 5.61. The van der Waals surface area contributed by atoms with Crippen molar-refractivity contribution in [3.8, 4) is 0 Å². The van der Waals surface area contributed by atoms with Gasteiger partial charge in [0.25, 0.3) is 0 Å². The third-order valence-electron chi connectivity index (χ3n) is 2.07. The fraction of sp³-hybridized carbons (Fsp3) is 1.00. The molecule has 0 aromatic rings. The van der Waals surface area contributed by atoms with E-state index in [2.05, 4.69) is 39.9 Å². The van der Waals surface area contributed by atoms with E-state index in [1.165, 1.54) is 0 Å². The van der Waals surface area contributed by atoms with Crippen molar-refractivity contribution < 1.29 is 0 Å². The third-order valence-corrected chi connectivity index (χ3v) is 2.07. The molecule has 2 nitrogen and oxygen atoms in total. The van der Waals surface area contributed by atoms with E-state index in [-0.39, 0.29) is 11.1 Å². The van der Waals surface area contributed by atoms with Crippen molar-refractivity contribution in [2.45, 2.75) is 52.1 Å². The minimum absolute atomic E-state index is 0.0551. The SMILES string of the molecule is CCC(C)(C)NC(C)(C)CN. The lowest BCUT2D eigenvalue weighted by Crippen LogP contribution is -2.55. The zero-order valence-corrected chi connectivity index (χ0v) is 8.49. The molecule has 0 aromatic carbocycles. The summed E-state index contributed by atoms with van der Waals surface area (Å²) in [5, 5.41) is 3.51. The largest absolute Gasteiger partial charge is 0.329 e. The highest BCUT2D eigenvalue weighted by Crippen LogP contribution is 2.12. The van der Waals surface area contributed by atoms with Crippen molar-refractivity contribution in [2.75, 3.05) is 6.54 Å². The van der Waals surface area contributed by atoms with Crippen LogP contribution in [0.15, 0.2) is 0 Å². The van der Waals surface area contributed by atoms with Gasteiger partial charge in [-0.25, -0.2) is 0 Å². The average molecular weight is 158 g/mol. The minimum Gasteiger partial charge on any atom is -0.329 e. The standard InChI is InChI=1S/C9H22N2/c1-6-8(2,3)11-9(4,5)7-10/h11H,6-7,10H2,1-5H3. The number of hydrogen-bond acceptors (Lipinski definition) is 2. The summed E-state index contributed by atoms with van der Waals surface area (Å²) in [6.45, 7) is 11.5. The molecule has 0 heterocycles. The van der Waals surface area contributed by atoms with E-state index >= 15 is 0 Å². The first-order chi connectivity index (χ1) is 4.83. The molecule has 0 saturated carbocycles. The van der Waals surface area contributed by atoms with Gasteiger partial charge in [-0.05, 0) is 34.1 Å². The summed E-state index contributed by atoms with van der Waals surface area (Å²) < 4.78 is 0. The molecular formula is C9H22N2. The highest BCUT2D eigenvalue weighted by molar-refractivity contribution is 4.87. The Kier molecular flexibility index (Phi) is 3.52. The Bertz CT molecular complexity index is 103. The Hall–Kier alpha value is -0.0800. The van der Waals surface area contributed by atoms with E-state index in [1.54, 1.807) is 0 Å². The van der Waals surface area contributed by atoms with Crippen LogP contribution in [-0.4, -0.2) is 17.6 Å². The average Bonchev–Trinajstić information content (AvgIpc) is 1.86. The highest BCUT2D eigenvalue weighted by Gasteiger charge is 2.24. The van der Waals surface area contributed by atoms with Gasteiger partial charge in [0.2, 0.25) is 0 Å². The van der Waals surface area contributed by atoms with Gasteiger partial charge in [-0.15, -0.1) is 0 Å². The number of nitrogens with two attached hydrogens (primary N) is 1. The van der Waals surface area contributed by atoms with E-state index in [0.29, 0.717) is 6.54 Å². The van der Waals surface area contributed by atoms with Gasteiger partial charge in [0.15, 0.2) is 0 Å². The van der Waals surface area contributed by atoms with Crippen LogP contribution >= 0.6 is 0 Å². The van der Waals surface area contributed by atoms with Gasteiger partial charge in [0, 0.05) is 17.6 Å². The molecule has 2 heteroatoms. The Morgan fingerprint density at radius 2 is 1.55 bits per heavy atom. The van der Waals surface area contributed by atoms with Crippen molar-refractivity contribution >= 4 is 0 Å². The Balaban J connectivity index is 4.02. The molecule has 0 atom stereocenters. The van der Waals surface area contributed by atoms with Crippen LogP contribution in [0.25, 0.3) is 0 Å². The summed E-state index contributed by atoms with van der Waals surface area (Å²) in [6.07, 6.45) is 1.12. The van der Waals surface area contributed by atoms with Gasteiger partial charge in [-0.3, -0.25) is 0 Å². The van der Waals surface area contributed by atoms with Crippen molar-refractivity contribution in [3.63, 3.8) is 0 Å². The molecule has 0 radical (unpaired) electrons. The summed E-state index contributed by atoms with van der Waals surface area (Å²) in [6, 6.07) is 0. The normalized spacial score (nSPS) is 13.6. The first kappa shape index (κ1) is 10.9. The van der Waals surface area contributed by atoms with E-state index in [0.717, 1.165) is 6.42 Å². The quantitative estimate of drug-likeness (QED) is 0.650. The van der Waals surface area contributed by atoms with E-state index in [4.69, 9.17) is 5.73 Å². The molecule has 68 valence electrons. The molecule has 0 amide bonds. The topological polar surface area (TPSA) is 38.0 Å². The van der Waals surface area contributed by atoms with E-state index < -0.39 is 0 Å².